The molecule has 0 saturated heterocycles. The van der Waals surface area contributed by atoms with E-state index in [-0.39, 0.29) is 0 Å². The molecule has 0 amide bonds. The predicted molar refractivity (Wildman–Crippen MR) is 66.5 cm³/mol. The molecular formula is C14H28. The van der Waals surface area contributed by atoms with Crippen LogP contribution in [0.5, 0.6) is 0 Å². The van der Waals surface area contributed by atoms with Gasteiger partial charge >= 0.3 is 0 Å². The first-order valence-corrected chi connectivity index (χ1v) is 6.03. The standard InChI is InChI=1S/C14H28/c1-7-10-11-14(6,9-3)12-13(4,5)8-2/h8H,2,7,9-12H2,1,3-6H3. The average molecular weight is 196 g/mol. The molecule has 0 aliphatic carbocycles. The minimum Gasteiger partial charge on any atom is -0.103 e. The molecule has 0 aliphatic rings. The molecule has 0 fully saturated rings. The van der Waals surface area contributed by atoms with Gasteiger partial charge < -0.3 is 0 Å². The summed E-state index contributed by atoms with van der Waals surface area (Å²) >= 11 is 0. The summed E-state index contributed by atoms with van der Waals surface area (Å²) in [5.74, 6) is 0. The molecule has 0 spiro atoms. The summed E-state index contributed by atoms with van der Waals surface area (Å²) in [5.41, 5.74) is 0.798. The van der Waals surface area contributed by atoms with Gasteiger partial charge in [0, 0.05) is 0 Å². The van der Waals surface area contributed by atoms with Crippen molar-refractivity contribution in [3.05, 3.63) is 12.7 Å². The van der Waals surface area contributed by atoms with E-state index in [1.807, 2.05) is 0 Å². The first-order valence-electron chi connectivity index (χ1n) is 6.03. The van der Waals surface area contributed by atoms with Crippen LogP contribution in [-0.2, 0) is 0 Å². The van der Waals surface area contributed by atoms with Crippen LogP contribution in [0, 0.1) is 10.8 Å². The van der Waals surface area contributed by atoms with Crippen LogP contribution in [0.25, 0.3) is 0 Å². The van der Waals surface area contributed by atoms with Gasteiger partial charge in [-0.3, -0.25) is 0 Å². The summed E-state index contributed by atoms with van der Waals surface area (Å²) in [7, 11) is 0. The Morgan fingerprint density at radius 1 is 1.14 bits per heavy atom. The second-order valence-electron chi connectivity index (χ2n) is 5.64. The Hall–Kier alpha value is -0.260. The summed E-state index contributed by atoms with van der Waals surface area (Å²) in [6, 6.07) is 0. The van der Waals surface area contributed by atoms with Crippen LogP contribution in [0.1, 0.15) is 66.7 Å². The largest absolute Gasteiger partial charge is 0.103 e. The molecule has 0 radical (unpaired) electrons. The van der Waals surface area contributed by atoms with Gasteiger partial charge in [-0.05, 0) is 23.7 Å². The van der Waals surface area contributed by atoms with Crippen molar-refractivity contribution in [2.45, 2.75) is 66.7 Å². The maximum Gasteiger partial charge on any atom is -0.0172 e. The highest BCUT2D eigenvalue weighted by Crippen LogP contribution is 2.40. The lowest BCUT2D eigenvalue weighted by Gasteiger charge is -2.35. The van der Waals surface area contributed by atoms with E-state index in [0.717, 1.165) is 0 Å². The molecule has 0 aliphatic heterocycles. The zero-order chi connectivity index (χ0) is 11.2. The van der Waals surface area contributed by atoms with Crippen LogP contribution in [0.15, 0.2) is 12.7 Å². The molecule has 0 heteroatoms. The summed E-state index contributed by atoms with van der Waals surface area (Å²) in [4.78, 5) is 0. The molecule has 84 valence electrons. The first-order chi connectivity index (χ1) is 6.39. The molecule has 0 aromatic rings. The Balaban J connectivity index is 4.30. The zero-order valence-electron chi connectivity index (χ0n) is 10.8. The molecular weight excluding hydrogens is 168 g/mol. The lowest BCUT2D eigenvalue weighted by atomic mass is 9.70. The Morgan fingerprint density at radius 2 is 1.71 bits per heavy atom. The van der Waals surface area contributed by atoms with Crippen LogP contribution in [0.2, 0.25) is 0 Å². The van der Waals surface area contributed by atoms with Crippen molar-refractivity contribution in [2.24, 2.45) is 10.8 Å². The molecule has 0 heterocycles. The minimum absolute atomic E-state index is 0.290. The van der Waals surface area contributed by atoms with E-state index in [1.165, 1.54) is 32.1 Å². The van der Waals surface area contributed by atoms with E-state index in [0.29, 0.717) is 10.8 Å². The Morgan fingerprint density at radius 3 is 2.07 bits per heavy atom. The highest BCUT2D eigenvalue weighted by atomic mass is 14.3. The molecule has 0 nitrogen and oxygen atoms in total. The minimum atomic E-state index is 0.290. The second kappa shape index (κ2) is 5.58. The second-order valence-corrected chi connectivity index (χ2v) is 5.64. The Kier molecular flexibility index (Phi) is 5.48. The third kappa shape index (κ3) is 4.83. The molecule has 0 rings (SSSR count). The van der Waals surface area contributed by atoms with Crippen LogP contribution in [0.4, 0.5) is 0 Å². The van der Waals surface area contributed by atoms with Gasteiger partial charge in [-0.2, -0.15) is 0 Å². The number of unbranched alkanes of at least 4 members (excludes halogenated alkanes) is 1. The molecule has 0 aromatic heterocycles. The van der Waals surface area contributed by atoms with Gasteiger partial charge in [-0.25, -0.2) is 0 Å². The summed E-state index contributed by atoms with van der Waals surface area (Å²) in [6.07, 6.45) is 8.68. The molecule has 0 saturated carbocycles. The van der Waals surface area contributed by atoms with Crippen LogP contribution in [-0.4, -0.2) is 0 Å². The van der Waals surface area contributed by atoms with E-state index >= 15 is 0 Å². The van der Waals surface area contributed by atoms with Crippen molar-refractivity contribution < 1.29 is 0 Å². The molecule has 1 unspecified atom stereocenters. The molecule has 14 heavy (non-hydrogen) atoms. The number of hydrogen-bond donors (Lipinski definition) is 0. The fourth-order valence-electron chi connectivity index (χ4n) is 2.17. The normalized spacial score (nSPS) is 16.4. The molecule has 1 atom stereocenters. The van der Waals surface area contributed by atoms with Gasteiger partial charge in [0.2, 0.25) is 0 Å². The summed E-state index contributed by atoms with van der Waals surface area (Å²) < 4.78 is 0. The highest BCUT2D eigenvalue weighted by Gasteiger charge is 2.28. The smallest absolute Gasteiger partial charge is 0.0172 e. The first kappa shape index (κ1) is 13.7. The lowest BCUT2D eigenvalue weighted by Crippen LogP contribution is -2.23. The predicted octanol–water partition coefficient (Wildman–Crippen LogP) is 5.20. The van der Waals surface area contributed by atoms with E-state index < -0.39 is 0 Å². The SMILES string of the molecule is C=CC(C)(C)CC(C)(CC)CCCC. The van der Waals surface area contributed by atoms with Crippen molar-refractivity contribution >= 4 is 0 Å². The monoisotopic (exact) mass is 196 g/mol. The van der Waals surface area contributed by atoms with Crippen molar-refractivity contribution in [2.75, 3.05) is 0 Å². The molecule has 0 aromatic carbocycles. The fourth-order valence-corrected chi connectivity index (χ4v) is 2.17. The van der Waals surface area contributed by atoms with Gasteiger partial charge in [0.15, 0.2) is 0 Å². The van der Waals surface area contributed by atoms with E-state index in [4.69, 9.17) is 0 Å². The van der Waals surface area contributed by atoms with E-state index in [2.05, 4.69) is 47.3 Å². The summed E-state index contributed by atoms with van der Waals surface area (Å²) in [5, 5.41) is 0. The van der Waals surface area contributed by atoms with Gasteiger partial charge in [-0.15, -0.1) is 6.58 Å². The van der Waals surface area contributed by atoms with Crippen molar-refractivity contribution in [1.82, 2.24) is 0 Å². The topological polar surface area (TPSA) is 0 Å². The Bertz CT molecular complexity index is 167. The Labute approximate surface area is 90.8 Å². The third-order valence-corrected chi connectivity index (χ3v) is 3.42. The number of rotatable bonds is 7. The summed E-state index contributed by atoms with van der Waals surface area (Å²) in [6.45, 7) is 15.5. The number of hydrogen-bond acceptors (Lipinski definition) is 0. The van der Waals surface area contributed by atoms with E-state index in [1.54, 1.807) is 0 Å². The quantitative estimate of drug-likeness (QED) is 0.491. The maximum absolute atomic E-state index is 3.93. The van der Waals surface area contributed by atoms with Crippen LogP contribution < -0.4 is 0 Å². The maximum atomic E-state index is 3.93. The lowest BCUT2D eigenvalue weighted by molar-refractivity contribution is 0.185. The van der Waals surface area contributed by atoms with Crippen LogP contribution >= 0.6 is 0 Å². The van der Waals surface area contributed by atoms with Gasteiger partial charge in [0.05, 0.1) is 0 Å². The molecule has 0 N–H and O–H groups in total. The van der Waals surface area contributed by atoms with Gasteiger partial charge in [0.1, 0.15) is 0 Å². The van der Waals surface area contributed by atoms with Crippen molar-refractivity contribution in [3.63, 3.8) is 0 Å². The van der Waals surface area contributed by atoms with Crippen molar-refractivity contribution in [3.8, 4) is 0 Å². The third-order valence-electron chi connectivity index (χ3n) is 3.42. The molecule has 0 bridgehead atoms. The van der Waals surface area contributed by atoms with Crippen LogP contribution in [0.3, 0.4) is 0 Å². The van der Waals surface area contributed by atoms with Crippen molar-refractivity contribution in [1.29, 1.82) is 0 Å². The average Bonchev–Trinajstić information content (AvgIpc) is 2.14. The van der Waals surface area contributed by atoms with Gasteiger partial charge in [0.25, 0.3) is 0 Å². The highest BCUT2D eigenvalue weighted by molar-refractivity contribution is 4.92. The number of allylic oxidation sites excluding steroid dienone is 1. The fraction of sp³-hybridized carbons (Fsp3) is 0.857. The van der Waals surface area contributed by atoms with E-state index in [9.17, 15) is 0 Å². The van der Waals surface area contributed by atoms with Gasteiger partial charge in [-0.1, -0.05) is 60.0 Å². The zero-order valence-corrected chi connectivity index (χ0v) is 10.8.